The van der Waals surface area contributed by atoms with E-state index in [1.165, 1.54) is 4.88 Å². The van der Waals surface area contributed by atoms with Crippen molar-refractivity contribution >= 4 is 57.2 Å². The zero-order valence-corrected chi connectivity index (χ0v) is 18.3. The number of nitrogens with one attached hydrogen (secondary N) is 2. The maximum atomic E-state index is 9.63. The number of guanidine groups is 1. The van der Waals surface area contributed by atoms with E-state index in [1.807, 2.05) is 37.3 Å². The zero-order valence-electron chi connectivity index (χ0n) is 13.5. The van der Waals surface area contributed by atoms with E-state index in [0.717, 1.165) is 22.5 Å². The molecule has 132 valence electrons. The molecule has 1 aromatic heterocycles. The van der Waals surface area contributed by atoms with Crippen LogP contribution in [0, 0.1) is 0 Å². The fourth-order valence-electron chi connectivity index (χ4n) is 2.17. The Bertz CT molecular complexity index is 621. The minimum Gasteiger partial charge on any atom is -0.396 e. The van der Waals surface area contributed by atoms with Crippen molar-refractivity contribution in [1.29, 1.82) is 0 Å². The fourth-order valence-corrected chi connectivity index (χ4v) is 3.54. The van der Waals surface area contributed by atoms with Gasteiger partial charge in [-0.2, -0.15) is 0 Å². The molecule has 2 rings (SSSR count). The molecule has 2 aromatic rings. The van der Waals surface area contributed by atoms with Crippen molar-refractivity contribution in [2.45, 2.75) is 19.4 Å². The van der Waals surface area contributed by atoms with Crippen molar-refractivity contribution in [1.82, 2.24) is 10.6 Å². The highest BCUT2D eigenvalue weighted by Crippen LogP contribution is 2.20. The van der Waals surface area contributed by atoms with Gasteiger partial charge in [0.2, 0.25) is 0 Å². The van der Waals surface area contributed by atoms with Crippen LogP contribution in [0.4, 0.5) is 0 Å². The van der Waals surface area contributed by atoms with Crippen LogP contribution in [-0.2, 0) is 6.54 Å². The normalized spacial score (nSPS) is 12.4. The Morgan fingerprint density at radius 3 is 2.62 bits per heavy atom. The number of aliphatic hydroxyl groups excluding tert-OH is 1. The first-order valence-corrected chi connectivity index (χ1v) is 9.31. The molecule has 0 aliphatic heterocycles. The molecule has 0 aliphatic rings. The highest BCUT2D eigenvalue weighted by Gasteiger charge is 2.10. The van der Waals surface area contributed by atoms with Crippen LogP contribution in [0.15, 0.2) is 51.2 Å². The molecule has 0 amide bonds. The predicted molar refractivity (Wildman–Crippen MR) is 117 cm³/mol. The number of hydrogen-bond acceptors (Lipinski definition) is 3. The van der Waals surface area contributed by atoms with E-state index in [0.29, 0.717) is 13.1 Å². The van der Waals surface area contributed by atoms with Crippen molar-refractivity contribution in [3.05, 3.63) is 56.7 Å². The molecule has 0 fully saturated rings. The van der Waals surface area contributed by atoms with Gasteiger partial charge in [-0.05, 0) is 34.5 Å². The first-order chi connectivity index (χ1) is 11.2. The molecule has 0 saturated heterocycles. The minimum absolute atomic E-state index is 0. The van der Waals surface area contributed by atoms with E-state index < -0.39 is 0 Å². The summed E-state index contributed by atoms with van der Waals surface area (Å²) < 4.78 is 1.09. The van der Waals surface area contributed by atoms with E-state index in [2.05, 4.69) is 43.0 Å². The number of nitrogens with zero attached hydrogens (tertiary/aromatic N) is 1. The third kappa shape index (κ3) is 7.08. The average molecular weight is 524 g/mol. The van der Waals surface area contributed by atoms with Crippen LogP contribution in [0.25, 0.3) is 0 Å². The molecule has 1 atom stereocenters. The van der Waals surface area contributed by atoms with Gasteiger partial charge in [-0.3, -0.25) is 0 Å². The second-order valence-corrected chi connectivity index (χ2v) is 7.01. The standard InChI is InChI=1S/C17H22BrN3OS.HI/c1-2-19-17(21-10-16-8-15(18)12-23-16)20-9-14(11-22)13-6-4-3-5-7-13;/h3-8,12,14,22H,2,9-11H2,1H3,(H2,19,20,21);1H. The van der Waals surface area contributed by atoms with Gasteiger partial charge in [0, 0.05) is 33.7 Å². The number of rotatable bonds is 7. The Morgan fingerprint density at radius 2 is 2.04 bits per heavy atom. The summed E-state index contributed by atoms with van der Waals surface area (Å²) in [5.74, 6) is 0.822. The topological polar surface area (TPSA) is 56.7 Å². The molecule has 4 nitrogen and oxygen atoms in total. The second kappa shape index (κ2) is 11.8. The lowest BCUT2D eigenvalue weighted by atomic mass is 10.0. The minimum atomic E-state index is 0. The highest BCUT2D eigenvalue weighted by atomic mass is 127. The van der Waals surface area contributed by atoms with Gasteiger partial charge in [0.1, 0.15) is 0 Å². The van der Waals surface area contributed by atoms with Crippen LogP contribution < -0.4 is 10.6 Å². The SMILES string of the molecule is CCNC(=NCc1cc(Br)cs1)NCC(CO)c1ccccc1.I. The van der Waals surface area contributed by atoms with Gasteiger partial charge < -0.3 is 15.7 Å². The molecule has 0 spiro atoms. The van der Waals surface area contributed by atoms with Gasteiger partial charge in [0.15, 0.2) is 5.96 Å². The van der Waals surface area contributed by atoms with E-state index in [9.17, 15) is 5.11 Å². The number of benzene rings is 1. The molecule has 7 heteroatoms. The summed E-state index contributed by atoms with van der Waals surface area (Å²) in [6, 6.07) is 12.1. The van der Waals surface area contributed by atoms with Crippen molar-refractivity contribution in [2.24, 2.45) is 4.99 Å². The summed E-state index contributed by atoms with van der Waals surface area (Å²) in [7, 11) is 0. The van der Waals surface area contributed by atoms with Crippen molar-refractivity contribution in [3.8, 4) is 0 Å². The smallest absolute Gasteiger partial charge is 0.191 e. The molecule has 1 heterocycles. The Morgan fingerprint density at radius 1 is 1.29 bits per heavy atom. The zero-order chi connectivity index (χ0) is 16.5. The first-order valence-electron chi connectivity index (χ1n) is 7.63. The van der Waals surface area contributed by atoms with Gasteiger partial charge in [-0.25, -0.2) is 4.99 Å². The molecule has 0 bridgehead atoms. The van der Waals surface area contributed by atoms with Crippen molar-refractivity contribution < 1.29 is 5.11 Å². The summed E-state index contributed by atoms with van der Waals surface area (Å²) in [4.78, 5) is 5.80. The summed E-state index contributed by atoms with van der Waals surface area (Å²) in [5, 5.41) is 18.2. The molecule has 0 aliphatic carbocycles. The lowest BCUT2D eigenvalue weighted by Crippen LogP contribution is -2.39. The number of thiophene rings is 1. The highest BCUT2D eigenvalue weighted by molar-refractivity contribution is 14.0. The quantitative estimate of drug-likeness (QED) is 0.292. The predicted octanol–water partition coefficient (Wildman–Crippen LogP) is 3.96. The van der Waals surface area contributed by atoms with Gasteiger partial charge in [-0.15, -0.1) is 35.3 Å². The molecular weight excluding hydrogens is 501 g/mol. The maximum absolute atomic E-state index is 9.63. The fraction of sp³-hybridized carbons (Fsp3) is 0.353. The van der Waals surface area contributed by atoms with Gasteiger partial charge in [-0.1, -0.05) is 30.3 Å². The average Bonchev–Trinajstić information content (AvgIpc) is 2.99. The lowest BCUT2D eigenvalue weighted by molar-refractivity contribution is 0.265. The number of aliphatic imine (C=N–C) groups is 1. The second-order valence-electron chi connectivity index (χ2n) is 5.10. The third-order valence-corrected chi connectivity index (χ3v) is 5.05. The van der Waals surface area contributed by atoms with E-state index in [4.69, 9.17) is 0 Å². The summed E-state index contributed by atoms with van der Waals surface area (Å²) in [6.45, 7) is 4.23. The number of aliphatic hydroxyl groups is 1. The summed E-state index contributed by atoms with van der Waals surface area (Å²) in [6.07, 6.45) is 0. The lowest BCUT2D eigenvalue weighted by Gasteiger charge is -2.18. The summed E-state index contributed by atoms with van der Waals surface area (Å²) >= 11 is 5.14. The van der Waals surface area contributed by atoms with Gasteiger partial charge >= 0.3 is 0 Å². The molecule has 3 N–H and O–H groups in total. The largest absolute Gasteiger partial charge is 0.396 e. The Labute approximate surface area is 172 Å². The molecule has 0 radical (unpaired) electrons. The molecule has 0 saturated carbocycles. The van der Waals surface area contributed by atoms with Crippen LogP contribution >= 0.6 is 51.2 Å². The Hall–Kier alpha value is -0.640. The molecule has 1 unspecified atom stereocenters. The summed E-state index contributed by atoms with van der Waals surface area (Å²) in [5.41, 5.74) is 1.13. The molecule has 24 heavy (non-hydrogen) atoms. The van der Waals surface area contributed by atoms with Gasteiger partial charge in [0.25, 0.3) is 0 Å². The van der Waals surface area contributed by atoms with E-state index >= 15 is 0 Å². The van der Waals surface area contributed by atoms with Crippen LogP contribution in [0.2, 0.25) is 0 Å². The molecule has 1 aromatic carbocycles. The van der Waals surface area contributed by atoms with E-state index in [1.54, 1.807) is 11.3 Å². The van der Waals surface area contributed by atoms with Gasteiger partial charge in [0.05, 0.1) is 13.2 Å². The van der Waals surface area contributed by atoms with Crippen LogP contribution in [0.1, 0.15) is 23.3 Å². The van der Waals surface area contributed by atoms with Crippen LogP contribution in [0.5, 0.6) is 0 Å². The first kappa shape index (κ1) is 21.4. The van der Waals surface area contributed by atoms with Crippen LogP contribution in [-0.4, -0.2) is 30.8 Å². The third-order valence-electron chi connectivity index (χ3n) is 3.37. The van der Waals surface area contributed by atoms with E-state index in [-0.39, 0.29) is 36.5 Å². The Balaban J connectivity index is 0.00000288. The number of halogens is 2. The monoisotopic (exact) mass is 523 g/mol. The maximum Gasteiger partial charge on any atom is 0.191 e. The van der Waals surface area contributed by atoms with Crippen LogP contribution in [0.3, 0.4) is 0 Å². The van der Waals surface area contributed by atoms with Crippen molar-refractivity contribution in [2.75, 3.05) is 19.7 Å². The molecular formula is C17H23BrIN3OS. The Kier molecular flexibility index (Phi) is 10.6. The van der Waals surface area contributed by atoms with Crippen molar-refractivity contribution in [3.63, 3.8) is 0 Å². The number of hydrogen-bond donors (Lipinski definition) is 3.